The van der Waals surface area contributed by atoms with Crippen LogP contribution in [0.4, 0.5) is 11.6 Å². The Bertz CT molecular complexity index is 1630. The van der Waals surface area contributed by atoms with Crippen LogP contribution in [-0.4, -0.2) is 64.3 Å². The van der Waals surface area contributed by atoms with Gasteiger partial charge in [0.25, 0.3) is 11.9 Å². The molecule has 0 radical (unpaired) electrons. The zero-order valence-electron chi connectivity index (χ0n) is 18.4. The number of hydrogen-bond donors (Lipinski definition) is 2. The molecule has 0 aliphatic rings. The van der Waals surface area contributed by atoms with Crippen LogP contribution in [0.1, 0.15) is 0 Å². The van der Waals surface area contributed by atoms with Crippen LogP contribution in [0.25, 0.3) is 23.5 Å². The van der Waals surface area contributed by atoms with Crippen molar-refractivity contribution in [2.75, 3.05) is 11.5 Å². The Balaban J connectivity index is 0.000000152. The predicted octanol–water partition coefficient (Wildman–Crippen LogP) is 2.43. The quantitative estimate of drug-likeness (QED) is 0.286. The summed E-state index contributed by atoms with van der Waals surface area (Å²) >= 11 is 12.5. The monoisotopic (exact) mass is 645 g/mol. The molecule has 6 aromatic heterocycles. The number of hydrogen-bond acceptors (Lipinski definition) is 11. The van der Waals surface area contributed by atoms with E-state index in [2.05, 4.69) is 77.3 Å². The van der Waals surface area contributed by atoms with Crippen molar-refractivity contribution >= 4 is 55.1 Å². The highest BCUT2D eigenvalue weighted by molar-refractivity contribution is 9.11. The molecule has 18 heteroatoms. The van der Waals surface area contributed by atoms with E-state index < -0.39 is 0 Å². The molecule has 0 saturated heterocycles. The lowest BCUT2D eigenvalue weighted by molar-refractivity contribution is 0.707. The van der Waals surface area contributed by atoms with Crippen LogP contribution < -0.4 is 11.5 Å². The molecule has 0 bridgehead atoms. The van der Waals surface area contributed by atoms with E-state index in [1.54, 1.807) is 55.5 Å². The third-order valence-corrected chi connectivity index (χ3v) is 6.21. The molecule has 15 nitrogen and oxygen atoms in total. The van der Waals surface area contributed by atoms with Gasteiger partial charge in [0.1, 0.15) is 20.6 Å². The molecular weight excluding hydrogens is 634 g/mol. The first-order valence-corrected chi connectivity index (χ1v) is 12.1. The zero-order valence-corrected chi connectivity index (χ0v) is 22.3. The number of nitrogen functional groups attached to an aromatic ring is 2. The summed E-state index contributed by atoms with van der Waals surface area (Å²) in [6, 6.07) is 3.54. The third-order valence-electron chi connectivity index (χ3n) is 4.49. The van der Waals surface area contributed by atoms with Gasteiger partial charge < -0.3 is 11.5 Å². The summed E-state index contributed by atoms with van der Waals surface area (Å²) in [7, 11) is 0. The minimum absolute atomic E-state index is 0.294. The van der Waals surface area contributed by atoms with Gasteiger partial charge in [-0.25, -0.2) is 14.0 Å². The fourth-order valence-corrected chi connectivity index (χ4v) is 3.72. The van der Waals surface area contributed by atoms with Crippen molar-refractivity contribution in [3.63, 3.8) is 0 Å². The summed E-state index contributed by atoms with van der Waals surface area (Å²) in [5.74, 6) is 2.24. The van der Waals surface area contributed by atoms with Crippen molar-refractivity contribution in [2.24, 2.45) is 0 Å². The van der Waals surface area contributed by atoms with Crippen LogP contribution in [0.2, 0.25) is 5.02 Å². The van der Waals surface area contributed by atoms with Gasteiger partial charge in [-0.1, -0.05) is 11.6 Å². The van der Waals surface area contributed by atoms with Crippen LogP contribution >= 0.6 is 43.5 Å². The molecule has 0 spiro atoms. The highest BCUT2D eigenvalue weighted by Gasteiger charge is 2.15. The summed E-state index contributed by atoms with van der Waals surface area (Å²) in [6.45, 7) is 0. The van der Waals surface area contributed by atoms with Crippen LogP contribution in [-0.2, 0) is 0 Å². The van der Waals surface area contributed by atoms with E-state index in [0.29, 0.717) is 49.1 Å². The van der Waals surface area contributed by atoms with Gasteiger partial charge in [0.05, 0.1) is 29.8 Å². The number of rotatable bonds is 4. The van der Waals surface area contributed by atoms with E-state index in [-0.39, 0.29) is 0 Å². The molecule has 6 rings (SSSR count). The van der Waals surface area contributed by atoms with Crippen molar-refractivity contribution in [1.29, 1.82) is 0 Å². The minimum Gasteiger partial charge on any atom is -0.383 e. The SMILES string of the molecule is Nc1nc(-n2cccn2)nc(-n2cc(Cl)cn2)c1Br.Nc1nc(-n2cccn2)nc(-n2nccn2)c1Br. The van der Waals surface area contributed by atoms with Crippen molar-refractivity contribution in [1.82, 2.24) is 64.3 Å². The summed E-state index contributed by atoms with van der Waals surface area (Å²) in [4.78, 5) is 18.3. The maximum Gasteiger partial charge on any atom is 0.254 e. The van der Waals surface area contributed by atoms with E-state index in [4.69, 9.17) is 23.1 Å². The molecule has 0 aliphatic carbocycles. The van der Waals surface area contributed by atoms with Crippen LogP contribution in [0, 0.1) is 0 Å². The van der Waals surface area contributed by atoms with Gasteiger partial charge in [0.2, 0.25) is 0 Å². The lowest BCUT2D eigenvalue weighted by Crippen LogP contribution is -2.11. The van der Waals surface area contributed by atoms with E-state index in [9.17, 15) is 0 Å². The number of halogens is 3. The van der Waals surface area contributed by atoms with Gasteiger partial charge >= 0.3 is 0 Å². The minimum atomic E-state index is 0.294. The zero-order chi connectivity index (χ0) is 25.9. The van der Waals surface area contributed by atoms with Crippen molar-refractivity contribution in [3.8, 4) is 23.5 Å². The number of aromatic nitrogens is 13. The largest absolute Gasteiger partial charge is 0.383 e. The summed E-state index contributed by atoms with van der Waals surface area (Å²) < 4.78 is 5.61. The fourth-order valence-electron chi connectivity index (χ4n) is 2.89. The second-order valence-electron chi connectivity index (χ2n) is 6.92. The standard InChI is InChI=1S/C10H7BrClN7.C9H7BrN8/c11-7-8(13)16-10(18-3-1-2-14-18)17-9(7)19-5-6(12)4-15-19;10-6-7(11)15-9(17-5-1-2-12-17)16-8(6)18-13-3-4-14-18/h1-5H,(H2,13,16,17);1-5H,(H2,11,15,16). The number of nitrogens with two attached hydrogens (primary N) is 2. The Morgan fingerprint density at radius 3 is 1.68 bits per heavy atom. The summed E-state index contributed by atoms with van der Waals surface area (Å²) in [6.07, 6.45) is 13.0. The molecule has 186 valence electrons. The Hall–Kier alpha value is -4.22. The number of nitrogens with zero attached hydrogens (tertiary/aromatic N) is 13. The topological polar surface area (TPSA) is 188 Å². The highest BCUT2D eigenvalue weighted by Crippen LogP contribution is 2.26. The Kier molecular flexibility index (Phi) is 6.89. The molecule has 0 aliphatic heterocycles. The van der Waals surface area contributed by atoms with E-state index >= 15 is 0 Å². The van der Waals surface area contributed by atoms with Gasteiger partial charge in [-0.2, -0.15) is 45.4 Å². The van der Waals surface area contributed by atoms with Gasteiger partial charge in [0.15, 0.2) is 11.6 Å². The van der Waals surface area contributed by atoms with E-state index in [0.717, 1.165) is 0 Å². The van der Waals surface area contributed by atoms with Gasteiger partial charge in [0, 0.05) is 24.8 Å². The van der Waals surface area contributed by atoms with Gasteiger partial charge in [-0.05, 0) is 44.0 Å². The molecule has 0 atom stereocenters. The highest BCUT2D eigenvalue weighted by atomic mass is 79.9. The summed E-state index contributed by atoms with van der Waals surface area (Å²) in [5, 5.41) is 20.7. The molecule has 4 N–H and O–H groups in total. The third kappa shape index (κ3) is 5.18. The molecule has 6 heterocycles. The van der Waals surface area contributed by atoms with Crippen molar-refractivity contribution in [2.45, 2.75) is 0 Å². The molecule has 6 aromatic rings. The number of anilines is 2. The lowest BCUT2D eigenvalue weighted by atomic mass is 10.5. The maximum atomic E-state index is 5.86. The Morgan fingerprint density at radius 2 is 1.19 bits per heavy atom. The van der Waals surface area contributed by atoms with Crippen LogP contribution in [0.15, 0.2) is 70.7 Å². The van der Waals surface area contributed by atoms with E-state index in [1.165, 1.54) is 25.0 Å². The average molecular weight is 648 g/mol. The lowest BCUT2D eigenvalue weighted by Gasteiger charge is -2.08. The Morgan fingerprint density at radius 1 is 0.649 bits per heavy atom. The van der Waals surface area contributed by atoms with Gasteiger partial charge in [-0.3, -0.25) is 0 Å². The van der Waals surface area contributed by atoms with E-state index in [1.807, 2.05) is 0 Å². The molecule has 0 unspecified atom stereocenters. The molecular formula is C19H14Br2ClN15. The molecule has 0 fully saturated rings. The molecule has 37 heavy (non-hydrogen) atoms. The van der Waals surface area contributed by atoms with Crippen LogP contribution in [0.5, 0.6) is 0 Å². The van der Waals surface area contributed by atoms with Crippen molar-refractivity contribution < 1.29 is 0 Å². The van der Waals surface area contributed by atoms with Crippen LogP contribution in [0.3, 0.4) is 0 Å². The van der Waals surface area contributed by atoms with Gasteiger partial charge in [-0.15, -0.1) is 4.80 Å². The fraction of sp³-hybridized carbons (Fsp3) is 0. The smallest absolute Gasteiger partial charge is 0.254 e. The molecule has 0 saturated carbocycles. The molecule has 0 amide bonds. The van der Waals surface area contributed by atoms with Crippen molar-refractivity contribution in [3.05, 3.63) is 75.7 Å². The maximum absolute atomic E-state index is 5.86. The first-order chi connectivity index (χ1) is 17.9. The second kappa shape index (κ2) is 10.4. The Labute approximate surface area is 229 Å². The first kappa shape index (κ1) is 24.5. The second-order valence-corrected chi connectivity index (χ2v) is 8.94. The normalized spacial score (nSPS) is 10.8. The average Bonchev–Trinajstić information content (AvgIpc) is 3.70. The predicted molar refractivity (Wildman–Crippen MR) is 140 cm³/mol. The first-order valence-electron chi connectivity index (χ1n) is 10.1. The molecule has 0 aromatic carbocycles. The summed E-state index contributed by atoms with van der Waals surface area (Å²) in [5.41, 5.74) is 11.7.